The van der Waals surface area contributed by atoms with Crippen molar-refractivity contribution in [1.82, 2.24) is 10.6 Å². The first-order chi connectivity index (χ1) is 16.3. The molecule has 0 aromatic heterocycles. The molecule has 2 aromatic rings. The van der Waals surface area contributed by atoms with Gasteiger partial charge in [0.05, 0.1) is 11.0 Å². The van der Waals surface area contributed by atoms with Gasteiger partial charge in [-0.3, -0.25) is 4.79 Å². The van der Waals surface area contributed by atoms with Crippen LogP contribution in [0, 0.1) is 11.3 Å². The molecule has 0 aliphatic heterocycles. The first-order valence-corrected chi connectivity index (χ1v) is 12.0. The van der Waals surface area contributed by atoms with Crippen molar-refractivity contribution in [2.24, 2.45) is 11.3 Å². The highest BCUT2D eigenvalue weighted by Crippen LogP contribution is 2.44. The third kappa shape index (κ3) is 5.50. The number of rotatable bonds is 9. The Kier molecular flexibility index (Phi) is 7.58. The molecule has 0 radical (unpaired) electrons. The minimum absolute atomic E-state index is 0.0695. The van der Waals surface area contributed by atoms with Crippen LogP contribution >= 0.6 is 0 Å². The maximum atomic E-state index is 13.1. The van der Waals surface area contributed by atoms with E-state index < -0.39 is 35.0 Å². The summed E-state index contributed by atoms with van der Waals surface area (Å²) < 4.78 is 5.65. The van der Waals surface area contributed by atoms with Crippen LogP contribution in [0.1, 0.15) is 65.0 Å². The molecule has 2 amide bonds. The minimum Gasteiger partial charge on any atom is -0.480 e. The predicted octanol–water partition coefficient (Wildman–Crippen LogP) is 4.95. The number of hydrogen-bond donors (Lipinski definition) is 3. The van der Waals surface area contributed by atoms with Crippen LogP contribution in [0.25, 0.3) is 11.1 Å². The van der Waals surface area contributed by atoms with Gasteiger partial charge in [0.2, 0.25) is 5.91 Å². The standard InChI is InChI=1S/C28H36N2O5/c1-17(2)15-23(24(31)32)29-25(33)27(3,4)28(5,6)30-26(34)35-16-22-20-13-9-7-11-18(20)19-12-8-10-14-21(19)22/h7-14,17,22-23H,15-16H2,1-6H3,(H,29,33)(H,30,34)(H,31,32). The molecule has 188 valence electrons. The Labute approximate surface area is 207 Å². The lowest BCUT2D eigenvalue weighted by Crippen LogP contribution is -2.61. The van der Waals surface area contributed by atoms with Gasteiger partial charge in [-0.15, -0.1) is 0 Å². The lowest BCUT2D eigenvalue weighted by molar-refractivity contribution is -0.145. The maximum absolute atomic E-state index is 13.1. The number of ether oxygens (including phenoxy) is 1. The van der Waals surface area contributed by atoms with Crippen LogP contribution in [0.3, 0.4) is 0 Å². The van der Waals surface area contributed by atoms with Gasteiger partial charge >= 0.3 is 12.1 Å². The zero-order chi connectivity index (χ0) is 26.0. The molecule has 0 spiro atoms. The molecule has 7 heteroatoms. The van der Waals surface area contributed by atoms with Crippen molar-refractivity contribution >= 4 is 18.0 Å². The van der Waals surface area contributed by atoms with Gasteiger partial charge in [-0.05, 0) is 62.3 Å². The fraction of sp³-hybridized carbons (Fsp3) is 0.464. The third-order valence-electron chi connectivity index (χ3n) is 7.20. The lowest BCUT2D eigenvalue weighted by Gasteiger charge is -2.41. The lowest BCUT2D eigenvalue weighted by atomic mass is 9.73. The molecule has 1 unspecified atom stereocenters. The predicted molar refractivity (Wildman–Crippen MR) is 135 cm³/mol. The number of amides is 2. The van der Waals surface area contributed by atoms with E-state index in [2.05, 4.69) is 34.9 Å². The number of fused-ring (bicyclic) bond motifs is 3. The second kappa shape index (κ2) is 10.1. The van der Waals surface area contributed by atoms with Crippen LogP contribution in [0.2, 0.25) is 0 Å². The fourth-order valence-corrected chi connectivity index (χ4v) is 4.36. The van der Waals surface area contributed by atoms with E-state index in [9.17, 15) is 19.5 Å². The highest BCUT2D eigenvalue weighted by molar-refractivity contribution is 5.88. The Balaban J connectivity index is 1.67. The van der Waals surface area contributed by atoms with E-state index in [0.29, 0.717) is 6.42 Å². The number of carbonyl (C=O) groups is 3. The number of alkyl carbamates (subject to hydrolysis) is 1. The molecule has 2 aromatic carbocycles. The van der Waals surface area contributed by atoms with E-state index in [1.807, 2.05) is 38.1 Å². The molecule has 35 heavy (non-hydrogen) atoms. The summed E-state index contributed by atoms with van der Waals surface area (Å²) in [5.74, 6) is -1.49. The van der Waals surface area contributed by atoms with Crippen LogP contribution in [-0.2, 0) is 14.3 Å². The molecule has 3 rings (SSSR count). The summed E-state index contributed by atoms with van der Waals surface area (Å²) in [6.45, 7) is 10.8. The van der Waals surface area contributed by atoms with E-state index in [-0.39, 0.29) is 18.4 Å². The molecule has 0 saturated heterocycles. The second-order valence-electron chi connectivity index (χ2n) is 10.7. The number of carboxylic acid groups (broad SMARTS) is 1. The quantitative estimate of drug-likeness (QED) is 0.471. The first kappa shape index (κ1) is 26.3. The molecule has 0 fully saturated rings. The van der Waals surface area contributed by atoms with Crippen molar-refractivity contribution in [3.05, 3.63) is 59.7 Å². The SMILES string of the molecule is CC(C)CC(NC(=O)C(C)(C)C(C)(C)NC(=O)OCC1c2ccccc2-c2ccccc21)C(=O)O. The molecule has 3 N–H and O–H groups in total. The average Bonchev–Trinajstić information content (AvgIpc) is 3.10. The van der Waals surface area contributed by atoms with Crippen molar-refractivity contribution in [2.75, 3.05) is 6.61 Å². The Bertz CT molecular complexity index is 1060. The van der Waals surface area contributed by atoms with Crippen LogP contribution in [0.15, 0.2) is 48.5 Å². The van der Waals surface area contributed by atoms with Gasteiger partial charge in [0.1, 0.15) is 12.6 Å². The summed E-state index contributed by atoms with van der Waals surface area (Å²) in [5.41, 5.74) is 2.40. The summed E-state index contributed by atoms with van der Waals surface area (Å²) in [5, 5.41) is 15.0. The maximum Gasteiger partial charge on any atom is 0.407 e. The summed E-state index contributed by atoms with van der Waals surface area (Å²) in [4.78, 5) is 37.5. The molecule has 0 saturated carbocycles. The monoisotopic (exact) mass is 480 g/mol. The molecule has 1 atom stereocenters. The summed E-state index contributed by atoms with van der Waals surface area (Å²) in [7, 11) is 0. The molecular formula is C28H36N2O5. The van der Waals surface area contributed by atoms with Gasteiger partial charge in [-0.25, -0.2) is 9.59 Å². The number of aliphatic carboxylic acids is 1. The van der Waals surface area contributed by atoms with Crippen molar-refractivity contribution in [3.8, 4) is 11.1 Å². The Morgan fingerprint density at radius 2 is 1.46 bits per heavy atom. The number of benzene rings is 2. The normalized spacial score (nSPS) is 14.1. The first-order valence-electron chi connectivity index (χ1n) is 12.0. The van der Waals surface area contributed by atoms with Gasteiger partial charge in [-0.2, -0.15) is 0 Å². The molecular weight excluding hydrogens is 444 g/mol. The minimum atomic E-state index is -1.11. The highest BCUT2D eigenvalue weighted by Gasteiger charge is 2.45. The zero-order valence-corrected chi connectivity index (χ0v) is 21.3. The van der Waals surface area contributed by atoms with E-state index in [1.54, 1.807) is 27.7 Å². The van der Waals surface area contributed by atoms with E-state index in [4.69, 9.17) is 4.74 Å². The second-order valence-corrected chi connectivity index (χ2v) is 10.7. The van der Waals surface area contributed by atoms with Crippen LogP contribution < -0.4 is 10.6 Å². The van der Waals surface area contributed by atoms with Gasteiger partial charge in [0, 0.05) is 5.92 Å². The molecule has 1 aliphatic rings. The van der Waals surface area contributed by atoms with Crippen molar-refractivity contribution < 1.29 is 24.2 Å². The molecule has 7 nitrogen and oxygen atoms in total. The Morgan fingerprint density at radius 3 is 1.94 bits per heavy atom. The van der Waals surface area contributed by atoms with Crippen LogP contribution in [-0.4, -0.2) is 41.3 Å². The summed E-state index contributed by atoms with van der Waals surface area (Å²) in [6, 6.07) is 15.2. The van der Waals surface area contributed by atoms with Gasteiger partial charge in [0.15, 0.2) is 0 Å². The summed E-state index contributed by atoms with van der Waals surface area (Å²) >= 11 is 0. The van der Waals surface area contributed by atoms with Crippen molar-refractivity contribution in [1.29, 1.82) is 0 Å². The Hall–Kier alpha value is -3.35. The molecule has 0 heterocycles. The number of carboxylic acids is 1. The van der Waals surface area contributed by atoms with E-state index >= 15 is 0 Å². The summed E-state index contributed by atoms with van der Waals surface area (Å²) in [6.07, 6.45) is -0.313. The number of nitrogens with one attached hydrogen (secondary N) is 2. The van der Waals surface area contributed by atoms with Gasteiger partial charge < -0.3 is 20.5 Å². The van der Waals surface area contributed by atoms with Crippen molar-refractivity contribution in [3.63, 3.8) is 0 Å². The smallest absolute Gasteiger partial charge is 0.407 e. The number of hydrogen-bond acceptors (Lipinski definition) is 4. The molecule has 1 aliphatic carbocycles. The average molecular weight is 481 g/mol. The largest absolute Gasteiger partial charge is 0.480 e. The van der Waals surface area contributed by atoms with E-state index in [0.717, 1.165) is 22.3 Å². The fourth-order valence-electron chi connectivity index (χ4n) is 4.36. The van der Waals surface area contributed by atoms with Crippen LogP contribution in [0.4, 0.5) is 4.79 Å². The number of carbonyl (C=O) groups excluding carboxylic acids is 2. The third-order valence-corrected chi connectivity index (χ3v) is 7.20. The van der Waals surface area contributed by atoms with Gasteiger partial charge in [-0.1, -0.05) is 62.4 Å². The van der Waals surface area contributed by atoms with Gasteiger partial charge in [0.25, 0.3) is 0 Å². The Morgan fingerprint density at radius 1 is 0.943 bits per heavy atom. The topological polar surface area (TPSA) is 105 Å². The highest BCUT2D eigenvalue weighted by atomic mass is 16.5. The zero-order valence-electron chi connectivity index (χ0n) is 21.3. The van der Waals surface area contributed by atoms with Crippen molar-refractivity contribution in [2.45, 2.75) is 65.5 Å². The van der Waals surface area contributed by atoms with E-state index in [1.165, 1.54) is 0 Å². The molecule has 0 bridgehead atoms. The van der Waals surface area contributed by atoms with Crippen LogP contribution in [0.5, 0.6) is 0 Å².